The zero-order valence-electron chi connectivity index (χ0n) is 19.5. The molecule has 1 aliphatic carbocycles. The van der Waals surface area contributed by atoms with Gasteiger partial charge in [-0.25, -0.2) is 0 Å². The van der Waals surface area contributed by atoms with Crippen LogP contribution < -0.4 is 21.3 Å². The predicted octanol–water partition coefficient (Wildman–Crippen LogP) is 0.147. The number of hydrogen-bond acceptors (Lipinski definition) is 5. The lowest BCUT2D eigenvalue weighted by Gasteiger charge is -2.35. The van der Waals surface area contributed by atoms with E-state index in [1.807, 2.05) is 0 Å². The van der Waals surface area contributed by atoms with Crippen LogP contribution in [-0.4, -0.2) is 73.3 Å². The molecule has 2 aliphatic rings. The Balaban J connectivity index is 2.24. The lowest BCUT2D eigenvalue weighted by Crippen LogP contribution is -2.58. The molecule has 9 nitrogen and oxygen atoms in total. The molecule has 1 heterocycles. The van der Waals surface area contributed by atoms with Crippen LogP contribution in [-0.2, 0) is 19.2 Å². The summed E-state index contributed by atoms with van der Waals surface area (Å²) in [6, 6.07) is -2.06. The highest BCUT2D eigenvalue weighted by Gasteiger charge is 2.44. The Morgan fingerprint density at radius 3 is 2.13 bits per heavy atom. The highest BCUT2D eigenvalue weighted by molar-refractivity contribution is 5.94. The average molecular weight is 438 g/mol. The van der Waals surface area contributed by atoms with Crippen molar-refractivity contribution in [2.75, 3.05) is 20.6 Å². The summed E-state index contributed by atoms with van der Waals surface area (Å²) in [5, 5.41) is 11.4. The molecular formula is C22H39N5O4. The van der Waals surface area contributed by atoms with Gasteiger partial charge in [-0.2, -0.15) is 0 Å². The molecule has 1 aliphatic heterocycles. The number of likely N-dealkylation sites (tertiary alicyclic amines) is 1. The minimum absolute atomic E-state index is 0.0453. The molecule has 9 heteroatoms. The van der Waals surface area contributed by atoms with E-state index in [1.54, 1.807) is 39.8 Å². The van der Waals surface area contributed by atoms with Gasteiger partial charge in [-0.05, 0) is 39.2 Å². The van der Waals surface area contributed by atoms with Crippen LogP contribution in [0.3, 0.4) is 0 Å². The fourth-order valence-electron chi connectivity index (χ4n) is 4.40. The second-order valence-corrected chi connectivity index (χ2v) is 9.11. The molecule has 4 N–H and O–H groups in total. The number of likely N-dealkylation sites (N-methyl/N-ethyl adjacent to an activating group) is 2. The standard InChI is InChI=1S/C22H39N5O4/c1-13(2)19(28)25-16-11-17(21(30)24-5)27(12-16)22(31)18(15-9-7-6-8-10-15)26-20(29)14(3)23-4/h13-18,23H,6-12H2,1-5H3,(H,24,30)(H,25,28)(H,26,29)/t14-,16?,17?,18?/m0/s1. The summed E-state index contributed by atoms with van der Waals surface area (Å²) in [6.07, 6.45) is 5.29. The van der Waals surface area contributed by atoms with Crippen molar-refractivity contribution in [3.63, 3.8) is 0 Å². The monoisotopic (exact) mass is 437 g/mol. The van der Waals surface area contributed by atoms with Crippen molar-refractivity contribution in [2.45, 2.75) is 83.5 Å². The van der Waals surface area contributed by atoms with Crippen LogP contribution >= 0.6 is 0 Å². The third-order valence-corrected chi connectivity index (χ3v) is 6.52. The molecule has 2 fully saturated rings. The predicted molar refractivity (Wildman–Crippen MR) is 118 cm³/mol. The lowest BCUT2D eigenvalue weighted by molar-refractivity contribution is -0.143. The lowest BCUT2D eigenvalue weighted by atomic mass is 9.83. The summed E-state index contributed by atoms with van der Waals surface area (Å²) in [5.41, 5.74) is 0. The Bertz CT molecular complexity index is 662. The molecule has 0 aromatic heterocycles. The Kier molecular flexibility index (Phi) is 9.28. The highest BCUT2D eigenvalue weighted by atomic mass is 16.2. The van der Waals surface area contributed by atoms with E-state index in [0.717, 1.165) is 32.1 Å². The van der Waals surface area contributed by atoms with Crippen LogP contribution in [0.5, 0.6) is 0 Å². The summed E-state index contributed by atoms with van der Waals surface area (Å²) < 4.78 is 0. The summed E-state index contributed by atoms with van der Waals surface area (Å²) >= 11 is 0. The molecule has 0 aromatic carbocycles. The SMILES string of the molecule is CNC(=O)C1CC(NC(=O)C(C)C)CN1C(=O)C(NC(=O)[C@H](C)NC)C1CCCCC1. The highest BCUT2D eigenvalue weighted by Crippen LogP contribution is 2.29. The van der Waals surface area contributed by atoms with E-state index in [-0.39, 0.29) is 48.1 Å². The minimum Gasteiger partial charge on any atom is -0.357 e. The van der Waals surface area contributed by atoms with Crippen LogP contribution in [0.15, 0.2) is 0 Å². The summed E-state index contributed by atoms with van der Waals surface area (Å²) in [4.78, 5) is 52.6. The first-order valence-electron chi connectivity index (χ1n) is 11.5. The smallest absolute Gasteiger partial charge is 0.246 e. The maximum absolute atomic E-state index is 13.7. The molecule has 3 unspecified atom stereocenters. The third kappa shape index (κ3) is 6.41. The average Bonchev–Trinajstić information content (AvgIpc) is 3.19. The maximum atomic E-state index is 13.7. The molecular weight excluding hydrogens is 398 g/mol. The van der Waals surface area contributed by atoms with E-state index in [2.05, 4.69) is 21.3 Å². The number of rotatable bonds is 8. The van der Waals surface area contributed by atoms with Crippen LogP contribution in [0.1, 0.15) is 59.3 Å². The first-order chi connectivity index (χ1) is 14.7. The molecule has 176 valence electrons. The van der Waals surface area contributed by atoms with Gasteiger partial charge < -0.3 is 26.2 Å². The minimum atomic E-state index is -0.671. The molecule has 0 aromatic rings. The Morgan fingerprint density at radius 1 is 0.935 bits per heavy atom. The van der Waals surface area contributed by atoms with Gasteiger partial charge in [0, 0.05) is 25.6 Å². The van der Waals surface area contributed by atoms with Gasteiger partial charge in [0.2, 0.25) is 23.6 Å². The van der Waals surface area contributed by atoms with Crippen LogP contribution in [0.2, 0.25) is 0 Å². The fraction of sp³-hybridized carbons (Fsp3) is 0.818. The second-order valence-electron chi connectivity index (χ2n) is 9.11. The number of hydrogen-bond donors (Lipinski definition) is 4. The van der Waals surface area contributed by atoms with Crippen LogP contribution in [0.4, 0.5) is 0 Å². The van der Waals surface area contributed by atoms with Gasteiger partial charge in [0.05, 0.1) is 6.04 Å². The normalized spacial score (nSPS) is 23.9. The van der Waals surface area contributed by atoms with Crippen molar-refractivity contribution in [1.29, 1.82) is 0 Å². The van der Waals surface area contributed by atoms with E-state index < -0.39 is 18.1 Å². The number of carbonyl (C=O) groups is 4. The second kappa shape index (κ2) is 11.5. The molecule has 4 atom stereocenters. The zero-order chi connectivity index (χ0) is 23.1. The zero-order valence-corrected chi connectivity index (χ0v) is 19.5. The Labute approximate surface area is 185 Å². The molecule has 31 heavy (non-hydrogen) atoms. The molecule has 2 rings (SSSR count). The van der Waals surface area contributed by atoms with E-state index in [4.69, 9.17) is 0 Å². The van der Waals surface area contributed by atoms with Crippen molar-refractivity contribution in [1.82, 2.24) is 26.2 Å². The van der Waals surface area contributed by atoms with Gasteiger partial charge >= 0.3 is 0 Å². The van der Waals surface area contributed by atoms with E-state index in [0.29, 0.717) is 6.42 Å². The molecule has 0 spiro atoms. The van der Waals surface area contributed by atoms with Crippen LogP contribution in [0.25, 0.3) is 0 Å². The maximum Gasteiger partial charge on any atom is 0.246 e. The van der Waals surface area contributed by atoms with Gasteiger partial charge in [0.1, 0.15) is 12.1 Å². The molecule has 0 bridgehead atoms. The van der Waals surface area contributed by atoms with E-state index in [9.17, 15) is 19.2 Å². The largest absolute Gasteiger partial charge is 0.357 e. The number of carbonyl (C=O) groups excluding carboxylic acids is 4. The summed E-state index contributed by atoms with van der Waals surface area (Å²) in [5.74, 6) is -0.962. The fourth-order valence-corrected chi connectivity index (χ4v) is 4.40. The van der Waals surface area contributed by atoms with Crippen molar-refractivity contribution in [3.05, 3.63) is 0 Å². The van der Waals surface area contributed by atoms with Gasteiger partial charge in [0.15, 0.2) is 0 Å². The van der Waals surface area contributed by atoms with Crippen molar-refractivity contribution >= 4 is 23.6 Å². The quantitative estimate of drug-likeness (QED) is 0.431. The van der Waals surface area contributed by atoms with Crippen LogP contribution in [0, 0.1) is 11.8 Å². The van der Waals surface area contributed by atoms with E-state index in [1.165, 1.54) is 0 Å². The topological polar surface area (TPSA) is 120 Å². The summed E-state index contributed by atoms with van der Waals surface area (Å²) in [7, 11) is 3.24. The number of amides is 4. The Morgan fingerprint density at radius 2 is 1.58 bits per heavy atom. The molecule has 4 amide bonds. The number of nitrogens with zero attached hydrogens (tertiary/aromatic N) is 1. The first-order valence-corrected chi connectivity index (χ1v) is 11.5. The summed E-state index contributed by atoms with van der Waals surface area (Å²) in [6.45, 7) is 5.62. The first kappa shape index (κ1) is 25.1. The van der Waals surface area contributed by atoms with E-state index >= 15 is 0 Å². The van der Waals surface area contributed by atoms with Crippen molar-refractivity contribution in [2.24, 2.45) is 11.8 Å². The third-order valence-electron chi connectivity index (χ3n) is 6.52. The van der Waals surface area contributed by atoms with Gasteiger partial charge in [-0.1, -0.05) is 33.1 Å². The molecule has 1 saturated heterocycles. The molecule has 1 saturated carbocycles. The van der Waals surface area contributed by atoms with Crippen molar-refractivity contribution in [3.8, 4) is 0 Å². The Hall–Kier alpha value is -2.16. The van der Waals surface area contributed by atoms with Gasteiger partial charge in [-0.15, -0.1) is 0 Å². The number of nitrogens with one attached hydrogen (secondary N) is 4. The van der Waals surface area contributed by atoms with Gasteiger partial charge in [0.25, 0.3) is 0 Å². The van der Waals surface area contributed by atoms with Crippen molar-refractivity contribution < 1.29 is 19.2 Å². The van der Waals surface area contributed by atoms with Gasteiger partial charge in [-0.3, -0.25) is 19.2 Å². The molecule has 0 radical (unpaired) electrons.